The molecule has 3 N–H and O–H groups in total. The first-order chi connectivity index (χ1) is 13.1. The summed E-state index contributed by atoms with van der Waals surface area (Å²) in [5.74, 6) is 0. The standard InChI is InChI=1S/C13H19NO2S.C7H9NO2S/c1-11-7-9-13(10-8-11)17(15,16)14-12-5-3-2-4-6-12;1-6-2-4-7(5-3-6)11(8,9)10/h7-10,12,14H,2-6H2,1H3;2-5H,1H3,(H2,8,9,10). The quantitative estimate of drug-likeness (QED) is 0.785. The minimum absolute atomic E-state index is 0.120. The Morgan fingerprint density at radius 2 is 1.18 bits per heavy atom. The third-order valence-electron chi connectivity index (χ3n) is 4.61. The van der Waals surface area contributed by atoms with Gasteiger partial charge in [0, 0.05) is 6.04 Å². The summed E-state index contributed by atoms with van der Waals surface area (Å²) in [6.45, 7) is 3.83. The number of rotatable bonds is 4. The Kier molecular flexibility index (Phi) is 7.77. The summed E-state index contributed by atoms with van der Waals surface area (Å²) in [5, 5.41) is 4.88. The van der Waals surface area contributed by atoms with Crippen LogP contribution in [-0.4, -0.2) is 22.9 Å². The zero-order chi connectivity index (χ0) is 20.8. The molecular weight excluding hydrogens is 396 g/mol. The molecular formula is C20H28N2O4S2. The Balaban J connectivity index is 0.000000221. The summed E-state index contributed by atoms with van der Waals surface area (Å²) in [6.07, 6.45) is 5.40. The Bertz CT molecular complexity index is 962. The Morgan fingerprint density at radius 1 is 0.750 bits per heavy atom. The number of sulfonamides is 2. The molecule has 8 heteroatoms. The van der Waals surface area contributed by atoms with Crippen LogP contribution in [0.15, 0.2) is 58.3 Å². The maximum atomic E-state index is 12.1. The van der Waals surface area contributed by atoms with E-state index in [0.29, 0.717) is 4.90 Å². The Hall–Kier alpha value is -1.74. The number of hydrogen-bond donors (Lipinski definition) is 2. The van der Waals surface area contributed by atoms with Crippen molar-refractivity contribution in [3.05, 3.63) is 59.7 Å². The van der Waals surface area contributed by atoms with Crippen molar-refractivity contribution in [1.29, 1.82) is 0 Å². The van der Waals surface area contributed by atoms with Crippen molar-refractivity contribution in [2.24, 2.45) is 5.14 Å². The molecule has 2 aromatic carbocycles. The lowest BCUT2D eigenvalue weighted by Crippen LogP contribution is -2.36. The average Bonchev–Trinajstić information content (AvgIpc) is 2.63. The van der Waals surface area contributed by atoms with Gasteiger partial charge in [0.1, 0.15) is 0 Å². The third kappa shape index (κ3) is 7.01. The second-order valence-electron chi connectivity index (χ2n) is 7.13. The number of benzene rings is 2. The fourth-order valence-electron chi connectivity index (χ4n) is 2.95. The Morgan fingerprint density at radius 3 is 1.61 bits per heavy atom. The van der Waals surface area contributed by atoms with Gasteiger partial charge in [0.25, 0.3) is 0 Å². The highest BCUT2D eigenvalue weighted by Gasteiger charge is 2.21. The molecule has 154 valence electrons. The molecule has 1 aliphatic rings. The van der Waals surface area contributed by atoms with Crippen molar-refractivity contribution in [1.82, 2.24) is 4.72 Å². The van der Waals surface area contributed by atoms with E-state index in [4.69, 9.17) is 5.14 Å². The molecule has 0 unspecified atom stereocenters. The van der Waals surface area contributed by atoms with E-state index >= 15 is 0 Å². The molecule has 0 aromatic heterocycles. The molecule has 1 aliphatic carbocycles. The van der Waals surface area contributed by atoms with Crippen LogP contribution in [0.25, 0.3) is 0 Å². The normalized spacial score (nSPS) is 15.5. The highest BCUT2D eigenvalue weighted by atomic mass is 32.2. The monoisotopic (exact) mass is 424 g/mol. The van der Waals surface area contributed by atoms with E-state index in [1.54, 1.807) is 24.3 Å². The van der Waals surface area contributed by atoms with Crippen molar-refractivity contribution in [3.63, 3.8) is 0 Å². The molecule has 0 heterocycles. The molecule has 0 saturated heterocycles. The predicted octanol–water partition coefficient (Wildman–Crippen LogP) is 3.25. The largest absolute Gasteiger partial charge is 0.240 e. The summed E-state index contributed by atoms with van der Waals surface area (Å²) in [7, 11) is -6.85. The van der Waals surface area contributed by atoms with Crippen molar-refractivity contribution in [2.45, 2.75) is 61.8 Å². The van der Waals surface area contributed by atoms with E-state index in [0.717, 1.165) is 36.8 Å². The van der Waals surface area contributed by atoms with Gasteiger partial charge in [-0.05, 0) is 51.0 Å². The number of aryl methyl sites for hydroxylation is 2. The topological polar surface area (TPSA) is 106 Å². The van der Waals surface area contributed by atoms with Crippen molar-refractivity contribution in [3.8, 4) is 0 Å². The summed E-state index contributed by atoms with van der Waals surface area (Å²) in [5.41, 5.74) is 2.08. The van der Waals surface area contributed by atoms with Crippen LogP contribution in [0.5, 0.6) is 0 Å². The highest BCUT2D eigenvalue weighted by Crippen LogP contribution is 2.20. The second kappa shape index (κ2) is 9.65. The average molecular weight is 425 g/mol. The van der Waals surface area contributed by atoms with Gasteiger partial charge in [0.05, 0.1) is 9.79 Å². The summed E-state index contributed by atoms with van der Waals surface area (Å²) in [4.78, 5) is 0.525. The van der Waals surface area contributed by atoms with Gasteiger partial charge in [-0.2, -0.15) is 0 Å². The summed E-state index contributed by atoms with van der Waals surface area (Å²) < 4.78 is 48.4. The van der Waals surface area contributed by atoms with Gasteiger partial charge >= 0.3 is 0 Å². The van der Waals surface area contributed by atoms with Gasteiger partial charge in [0.2, 0.25) is 20.0 Å². The lowest BCUT2D eigenvalue weighted by molar-refractivity contribution is 0.412. The van der Waals surface area contributed by atoms with Crippen LogP contribution in [0.2, 0.25) is 0 Å². The molecule has 1 fully saturated rings. The first-order valence-electron chi connectivity index (χ1n) is 9.26. The van der Waals surface area contributed by atoms with Crippen molar-refractivity contribution >= 4 is 20.0 Å². The Labute approximate surface area is 168 Å². The van der Waals surface area contributed by atoms with E-state index in [1.165, 1.54) is 18.6 Å². The minimum Gasteiger partial charge on any atom is -0.225 e. The summed E-state index contributed by atoms with van der Waals surface area (Å²) in [6, 6.07) is 13.5. The van der Waals surface area contributed by atoms with Crippen LogP contribution in [-0.2, 0) is 20.0 Å². The highest BCUT2D eigenvalue weighted by molar-refractivity contribution is 7.89. The van der Waals surface area contributed by atoms with Gasteiger partial charge in [0.15, 0.2) is 0 Å². The SMILES string of the molecule is Cc1ccc(S(=O)(=O)NC2CCCCC2)cc1.Cc1ccc(S(N)(=O)=O)cc1. The van der Waals surface area contributed by atoms with Crippen molar-refractivity contribution in [2.75, 3.05) is 0 Å². The molecule has 2 aromatic rings. The zero-order valence-corrected chi connectivity index (χ0v) is 17.9. The molecule has 1 saturated carbocycles. The molecule has 0 amide bonds. The van der Waals surface area contributed by atoms with Gasteiger partial charge < -0.3 is 0 Å². The van der Waals surface area contributed by atoms with Gasteiger partial charge in [-0.3, -0.25) is 0 Å². The molecule has 3 rings (SSSR count). The molecule has 0 aliphatic heterocycles. The van der Waals surface area contributed by atoms with Crippen LogP contribution in [0, 0.1) is 13.8 Å². The number of hydrogen-bond acceptors (Lipinski definition) is 4. The molecule has 0 spiro atoms. The number of nitrogens with two attached hydrogens (primary N) is 1. The predicted molar refractivity (Wildman–Crippen MR) is 111 cm³/mol. The van der Waals surface area contributed by atoms with E-state index in [-0.39, 0.29) is 10.9 Å². The molecule has 0 atom stereocenters. The molecule has 28 heavy (non-hydrogen) atoms. The summed E-state index contributed by atoms with van der Waals surface area (Å²) >= 11 is 0. The first-order valence-corrected chi connectivity index (χ1v) is 12.3. The number of primary sulfonamides is 1. The maximum absolute atomic E-state index is 12.1. The van der Waals surface area contributed by atoms with Gasteiger partial charge in [-0.25, -0.2) is 26.7 Å². The van der Waals surface area contributed by atoms with Gasteiger partial charge in [-0.15, -0.1) is 0 Å². The lowest BCUT2D eigenvalue weighted by atomic mass is 9.96. The van der Waals surface area contributed by atoms with Crippen LogP contribution in [0.3, 0.4) is 0 Å². The zero-order valence-electron chi connectivity index (χ0n) is 16.3. The van der Waals surface area contributed by atoms with Gasteiger partial charge in [-0.1, -0.05) is 54.7 Å². The van der Waals surface area contributed by atoms with E-state index in [9.17, 15) is 16.8 Å². The van der Waals surface area contributed by atoms with Crippen LogP contribution < -0.4 is 9.86 Å². The molecule has 0 radical (unpaired) electrons. The van der Waals surface area contributed by atoms with E-state index < -0.39 is 20.0 Å². The minimum atomic E-state index is -3.52. The second-order valence-corrected chi connectivity index (χ2v) is 10.4. The fourth-order valence-corrected chi connectivity index (χ4v) is 4.77. The van der Waals surface area contributed by atoms with Crippen LogP contribution in [0.1, 0.15) is 43.2 Å². The van der Waals surface area contributed by atoms with E-state index in [2.05, 4.69) is 4.72 Å². The van der Waals surface area contributed by atoms with Crippen LogP contribution >= 0.6 is 0 Å². The van der Waals surface area contributed by atoms with Crippen LogP contribution in [0.4, 0.5) is 0 Å². The smallest absolute Gasteiger partial charge is 0.225 e. The number of nitrogens with one attached hydrogen (secondary N) is 1. The van der Waals surface area contributed by atoms with Crippen molar-refractivity contribution < 1.29 is 16.8 Å². The third-order valence-corrected chi connectivity index (χ3v) is 7.07. The molecule has 6 nitrogen and oxygen atoms in total. The maximum Gasteiger partial charge on any atom is 0.240 e. The molecule has 0 bridgehead atoms. The fraction of sp³-hybridized carbons (Fsp3) is 0.400. The van der Waals surface area contributed by atoms with E-state index in [1.807, 2.05) is 26.0 Å². The lowest BCUT2D eigenvalue weighted by Gasteiger charge is -2.22. The first kappa shape index (κ1) is 22.5.